The fourth-order valence-corrected chi connectivity index (χ4v) is 16.7. The summed E-state index contributed by atoms with van der Waals surface area (Å²) in [6.45, 7) is 14.6. The summed E-state index contributed by atoms with van der Waals surface area (Å²) in [5, 5.41) is 120. The van der Waals surface area contributed by atoms with Gasteiger partial charge < -0.3 is 104 Å². The molecule has 474 valence electrons. The fourth-order valence-electron chi connectivity index (χ4n) is 16.3. The standard InChI is InChI=1S/C55H86O27S/c1-23(2)10-9-15-54(8,82-24(3)58)45-27-18-53(7)26-11-12-32-51(4,5)33(14-16-52(32,6)25(26)13-17-55(45,53)50(68)78-27)79-49-44(36(61)30(21-72-49)76-46-40(65)38(63)35(60)31(77-46)22-73-83(69,70)71)81-48-42(67)39(64)43(29(20-57)75-48)80-47-41(66)37(62)34(59)28(19-56)74-47/h11,25,27-49,56-57,59-67H,1,9-10,12-22H2,2-8H3,(H,69,70,71). The van der Waals surface area contributed by atoms with Gasteiger partial charge >= 0.3 is 22.3 Å². The summed E-state index contributed by atoms with van der Waals surface area (Å²) in [4.78, 5) is 27.3. The molecule has 0 radical (unpaired) electrons. The SMILES string of the molecule is C=C(C)CCCC(C)(OC(C)=O)C1C2CC3(C)C4=CCC5C(C)(C)C(OC6OCC(OC7OC(COS(=O)(=O)O)C(O)C(O)C7O)C(O)C6OC6OC(CO)C(OC7OC(CO)C(O)C(O)C7O)C(O)C6O)CCC5(C)C4CCC13C(=O)O2. The van der Waals surface area contributed by atoms with Crippen LogP contribution in [0.3, 0.4) is 0 Å². The van der Waals surface area contributed by atoms with Crippen molar-refractivity contribution in [1.29, 1.82) is 0 Å². The highest BCUT2D eigenvalue weighted by Crippen LogP contribution is 2.77. The Hall–Kier alpha value is -2.47. The van der Waals surface area contributed by atoms with E-state index < -0.39 is 194 Å². The molecule has 5 saturated heterocycles. The van der Waals surface area contributed by atoms with Crippen LogP contribution < -0.4 is 0 Å². The molecule has 2 bridgehead atoms. The van der Waals surface area contributed by atoms with E-state index in [9.17, 15) is 78.7 Å². The van der Waals surface area contributed by atoms with Gasteiger partial charge in [-0.05, 0) is 94.3 Å². The molecule has 0 aromatic heterocycles. The molecular formula is C55H86O27S. The van der Waals surface area contributed by atoms with Gasteiger partial charge in [-0.25, -0.2) is 4.18 Å². The number of allylic oxidation sites excluding steroid dienone is 3. The Bertz CT molecular complexity index is 2500. The van der Waals surface area contributed by atoms with E-state index in [1.807, 2.05) is 13.8 Å². The molecule has 28 heteroatoms. The molecule has 3 saturated carbocycles. The summed E-state index contributed by atoms with van der Waals surface area (Å²) < 4.78 is 96.9. The second kappa shape index (κ2) is 24.1. The van der Waals surface area contributed by atoms with Gasteiger partial charge in [-0.2, -0.15) is 8.42 Å². The van der Waals surface area contributed by atoms with Gasteiger partial charge in [0.25, 0.3) is 0 Å². The molecule has 28 atom stereocenters. The molecule has 12 N–H and O–H groups in total. The summed E-state index contributed by atoms with van der Waals surface area (Å²) >= 11 is 0. The monoisotopic (exact) mass is 1210 g/mol. The minimum Gasteiger partial charge on any atom is -0.461 e. The number of hydrogen-bond donors (Lipinski definition) is 12. The van der Waals surface area contributed by atoms with Gasteiger partial charge in [0, 0.05) is 12.3 Å². The van der Waals surface area contributed by atoms with Gasteiger partial charge in [-0.15, -0.1) is 6.58 Å². The van der Waals surface area contributed by atoms with Crippen LogP contribution in [0.25, 0.3) is 0 Å². The van der Waals surface area contributed by atoms with Crippen LogP contribution in [0.5, 0.6) is 0 Å². The fraction of sp³-hybridized carbons (Fsp3) is 0.891. The lowest BCUT2D eigenvalue weighted by molar-refractivity contribution is -0.391. The van der Waals surface area contributed by atoms with Crippen molar-refractivity contribution in [3.63, 3.8) is 0 Å². The van der Waals surface area contributed by atoms with Crippen LogP contribution in [0, 0.1) is 39.4 Å². The molecule has 27 nitrogen and oxygen atoms in total. The molecule has 9 rings (SSSR count). The molecule has 5 aliphatic heterocycles. The van der Waals surface area contributed by atoms with Crippen molar-refractivity contribution in [1.82, 2.24) is 0 Å². The summed E-state index contributed by atoms with van der Waals surface area (Å²) in [5.74, 6) is -1.08. The third-order valence-corrected chi connectivity index (χ3v) is 20.9. The van der Waals surface area contributed by atoms with Gasteiger partial charge in [-0.3, -0.25) is 14.1 Å². The van der Waals surface area contributed by atoms with Crippen molar-refractivity contribution in [3.8, 4) is 0 Å². The number of carbonyl (C=O) groups is 2. The highest BCUT2D eigenvalue weighted by Gasteiger charge is 2.79. The van der Waals surface area contributed by atoms with E-state index in [1.54, 1.807) is 0 Å². The maximum absolute atomic E-state index is 14.5. The van der Waals surface area contributed by atoms with E-state index in [2.05, 4.69) is 44.5 Å². The quantitative estimate of drug-likeness (QED) is 0.0390. The van der Waals surface area contributed by atoms with E-state index in [0.717, 1.165) is 12.0 Å². The molecule has 28 unspecified atom stereocenters. The van der Waals surface area contributed by atoms with Crippen LogP contribution >= 0.6 is 0 Å². The summed E-state index contributed by atoms with van der Waals surface area (Å²) in [6.07, 6.45) is -28.2. The summed E-state index contributed by atoms with van der Waals surface area (Å²) in [6, 6.07) is 0. The number of fused-ring (bicyclic) bond motifs is 5. The first kappa shape index (κ1) is 65.0. The van der Waals surface area contributed by atoms with E-state index in [4.69, 9.17) is 47.4 Å². The number of hydrogen-bond acceptors (Lipinski definition) is 26. The lowest BCUT2D eigenvalue weighted by Crippen LogP contribution is -2.67. The Labute approximate surface area is 481 Å². The number of carbonyl (C=O) groups excluding carboxylic acids is 2. The molecule has 0 amide bonds. The molecule has 4 aliphatic carbocycles. The number of rotatable bonds is 19. The first-order valence-corrected chi connectivity index (χ1v) is 30.1. The minimum atomic E-state index is -5.07. The zero-order valence-corrected chi connectivity index (χ0v) is 48.5. The van der Waals surface area contributed by atoms with Gasteiger partial charge in [0.1, 0.15) is 103 Å². The van der Waals surface area contributed by atoms with Crippen LogP contribution in [0.4, 0.5) is 0 Å². The Morgan fingerprint density at radius 2 is 1.34 bits per heavy atom. The molecule has 83 heavy (non-hydrogen) atoms. The average Bonchev–Trinajstić information content (AvgIpc) is 1.56. The highest BCUT2D eigenvalue weighted by atomic mass is 32.3. The minimum absolute atomic E-state index is 0.0376. The van der Waals surface area contributed by atoms with Crippen molar-refractivity contribution >= 4 is 22.3 Å². The zero-order chi connectivity index (χ0) is 60.8. The molecule has 8 fully saturated rings. The molecule has 0 aromatic rings. The maximum Gasteiger partial charge on any atom is 0.397 e. The maximum atomic E-state index is 14.5. The van der Waals surface area contributed by atoms with E-state index in [1.165, 1.54) is 12.5 Å². The van der Waals surface area contributed by atoms with Gasteiger partial charge in [0.05, 0.1) is 43.9 Å². The first-order valence-electron chi connectivity index (χ1n) is 28.7. The molecule has 9 aliphatic rings. The highest BCUT2D eigenvalue weighted by molar-refractivity contribution is 7.80. The van der Waals surface area contributed by atoms with E-state index in [-0.39, 0.29) is 29.1 Å². The van der Waals surface area contributed by atoms with Crippen LogP contribution in [-0.4, -0.2) is 242 Å². The molecule has 5 heterocycles. The number of ether oxygens (including phenoxy) is 10. The lowest BCUT2D eigenvalue weighted by atomic mass is 9.40. The molecule has 1 spiro atoms. The topological polar surface area (TPSA) is 413 Å². The van der Waals surface area contributed by atoms with E-state index >= 15 is 0 Å². The third-order valence-electron chi connectivity index (χ3n) is 20.4. The zero-order valence-electron chi connectivity index (χ0n) is 47.7. The Balaban J connectivity index is 0.970. The molecule has 0 aromatic carbocycles. The average molecular weight is 1210 g/mol. The normalized spacial score (nSPS) is 48.4. The summed E-state index contributed by atoms with van der Waals surface area (Å²) in [5.41, 5.74) is -1.33. The predicted molar refractivity (Wildman–Crippen MR) is 278 cm³/mol. The van der Waals surface area contributed by atoms with Gasteiger partial charge in [0.2, 0.25) is 0 Å². The van der Waals surface area contributed by atoms with Gasteiger partial charge in [-0.1, -0.05) is 44.9 Å². The summed E-state index contributed by atoms with van der Waals surface area (Å²) in [7, 11) is -5.07. The van der Waals surface area contributed by atoms with Crippen LogP contribution in [0.15, 0.2) is 23.8 Å². The third kappa shape index (κ3) is 11.5. The van der Waals surface area contributed by atoms with Crippen molar-refractivity contribution in [3.05, 3.63) is 23.8 Å². The van der Waals surface area contributed by atoms with Crippen molar-refractivity contribution in [2.24, 2.45) is 39.4 Å². The Kier molecular flexibility index (Phi) is 18.9. The Morgan fingerprint density at radius 1 is 0.747 bits per heavy atom. The van der Waals surface area contributed by atoms with Crippen molar-refractivity contribution in [2.75, 3.05) is 26.4 Å². The molecular weight excluding hydrogens is 1120 g/mol. The van der Waals surface area contributed by atoms with Crippen LogP contribution in [0.1, 0.15) is 106 Å². The van der Waals surface area contributed by atoms with Crippen molar-refractivity contribution in [2.45, 2.75) is 241 Å². The van der Waals surface area contributed by atoms with Crippen LogP contribution in [-0.2, 0) is 71.5 Å². The van der Waals surface area contributed by atoms with E-state index in [0.29, 0.717) is 51.4 Å². The van der Waals surface area contributed by atoms with Crippen LogP contribution in [0.2, 0.25) is 0 Å². The lowest BCUT2D eigenvalue weighted by Gasteiger charge is -2.64. The number of aliphatic hydroxyl groups excluding tert-OH is 11. The smallest absolute Gasteiger partial charge is 0.397 e. The Morgan fingerprint density at radius 3 is 1.95 bits per heavy atom. The predicted octanol–water partition coefficient (Wildman–Crippen LogP) is -1.70. The van der Waals surface area contributed by atoms with Gasteiger partial charge in [0.15, 0.2) is 25.2 Å². The largest absolute Gasteiger partial charge is 0.461 e. The number of esters is 2. The second-order valence-electron chi connectivity index (χ2n) is 25.9. The number of aliphatic hydroxyl groups is 11. The second-order valence-corrected chi connectivity index (χ2v) is 27.0. The van der Waals surface area contributed by atoms with Crippen molar-refractivity contribution < 1.29 is 130 Å². The first-order chi connectivity index (χ1) is 38.8.